The van der Waals surface area contributed by atoms with Gasteiger partial charge in [0.05, 0.1) is 22.1 Å². The molecule has 0 saturated heterocycles. The maximum absolute atomic E-state index is 5.64. The van der Waals surface area contributed by atoms with E-state index in [1.54, 1.807) is 0 Å². The van der Waals surface area contributed by atoms with Gasteiger partial charge in [0, 0.05) is 12.6 Å². The fraction of sp³-hybridized carbons (Fsp3) is 0.200. The number of benzene rings is 2. The number of para-hydroxylation sites is 2. The number of hydrogen-bond donors (Lipinski definition) is 1. The minimum Gasteiger partial charge on any atom is -0.492 e. The maximum Gasteiger partial charge on any atom is 0.121 e. The van der Waals surface area contributed by atoms with Crippen LogP contribution in [0.2, 0.25) is 0 Å². The topological polar surface area (TPSA) is 47.0 Å². The van der Waals surface area contributed by atoms with Crippen molar-refractivity contribution >= 4 is 22.1 Å². The highest BCUT2D eigenvalue weighted by Gasteiger charge is 2.02. The molecule has 4 nitrogen and oxygen atoms in total. The summed E-state index contributed by atoms with van der Waals surface area (Å²) >= 11 is 0. The first-order chi connectivity index (χ1) is 9.36. The average molecular weight is 253 g/mol. The lowest BCUT2D eigenvalue weighted by Crippen LogP contribution is -2.15. The Balaban J connectivity index is 1.99. The molecule has 19 heavy (non-hydrogen) atoms. The van der Waals surface area contributed by atoms with Crippen LogP contribution < -0.4 is 10.1 Å². The second-order valence-electron chi connectivity index (χ2n) is 4.31. The summed E-state index contributed by atoms with van der Waals surface area (Å²) in [5.41, 5.74) is 3.57. The third-order valence-corrected chi connectivity index (χ3v) is 2.93. The molecule has 0 unspecified atom stereocenters. The van der Waals surface area contributed by atoms with Crippen LogP contribution in [0.5, 0.6) is 5.75 Å². The standard InChI is InChI=1S/C15H15N3O/c1-16-8-9-19-11-6-7-14-15(10-11)18-13-5-3-2-4-12(13)17-14/h2-7,10,16H,8-9H2,1H3. The van der Waals surface area contributed by atoms with E-state index in [9.17, 15) is 0 Å². The van der Waals surface area contributed by atoms with E-state index in [-0.39, 0.29) is 0 Å². The van der Waals surface area contributed by atoms with Gasteiger partial charge in [-0.2, -0.15) is 0 Å². The van der Waals surface area contributed by atoms with Crippen LogP contribution in [-0.4, -0.2) is 30.2 Å². The average Bonchev–Trinajstić information content (AvgIpc) is 2.45. The molecule has 2 aromatic carbocycles. The Hall–Kier alpha value is -2.20. The number of aromatic nitrogens is 2. The molecule has 0 atom stereocenters. The smallest absolute Gasteiger partial charge is 0.121 e. The van der Waals surface area contributed by atoms with E-state index in [1.165, 1.54) is 0 Å². The third-order valence-electron chi connectivity index (χ3n) is 2.93. The number of fused-ring (bicyclic) bond motifs is 2. The van der Waals surface area contributed by atoms with E-state index < -0.39 is 0 Å². The second kappa shape index (κ2) is 5.20. The summed E-state index contributed by atoms with van der Waals surface area (Å²) < 4.78 is 5.64. The lowest BCUT2D eigenvalue weighted by atomic mass is 10.2. The number of ether oxygens (including phenoxy) is 1. The monoisotopic (exact) mass is 253 g/mol. The Morgan fingerprint density at radius 1 is 0.947 bits per heavy atom. The van der Waals surface area contributed by atoms with Crippen molar-refractivity contribution < 1.29 is 4.74 Å². The van der Waals surface area contributed by atoms with Gasteiger partial charge in [0.15, 0.2) is 0 Å². The predicted octanol–water partition coefficient (Wildman–Crippen LogP) is 2.38. The third kappa shape index (κ3) is 2.48. The number of likely N-dealkylation sites (N-methyl/N-ethyl adjacent to an activating group) is 1. The number of nitrogens with one attached hydrogen (secondary N) is 1. The zero-order valence-corrected chi connectivity index (χ0v) is 10.8. The van der Waals surface area contributed by atoms with Gasteiger partial charge in [-0.3, -0.25) is 0 Å². The molecule has 0 aliphatic rings. The highest BCUT2D eigenvalue weighted by Crippen LogP contribution is 2.20. The van der Waals surface area contributed by atoms with Gasteiger partial charge in [0.25, 0.3) is 0 Å². The molecule has 4 heteroatoms. The molecular formula is C15H15N3O. The molecule has 0 saturated carbocycles. The molecule has 0 aliphatic heterocycles. The molecule has 96 valence electrons. The molecule has 0 bridgehead atoms. The van der Waals surface area contributed by atoms with Gasteiger partial charge >= 0.3 is 0 Å². The minimum absolute atomic E-state index is 0.642. The molecular weight excluding hydrogens is 238 g/mol. The first-order valence-electron chi connectivity index (χ1n) is 6.31. The predicted molar refractivity (Wildman–Crippen MR) is 76.5 cm³/mol. The first kappa shape index (κ1) is 11.9. The number of rotatable bonds is 4. The Morgan fingerprint density at radius 2 is 1.63 bits per heavy atom. The Kier molecular flexibility index (Phi) is 3.25. The van der Waals surface area contributed by atoms with Crippen LogP contribution in [-0.2, 0) is 0 Å². The summed E-state index contributed by atoms with van der Waals surface area (Å²) in [6.45, 7) is 1.46. The molecule has 1 aromatic heterocycles. The normalized spacial score (nSPS) is 11.0. The lowest BCUT2D eigenvalue weighted by molar-refractivity contribution is 0.319. The van der Waals surface area contributed by atoms with Crippen LogP contribution in [0, 0.1) is 0 Å². The summed E-state index contributed by atoms with van der Waals surface area (Å²) in [7, 11) is 1.90. The summed E-state index contributed by atoms with van der Waals surface area (Å²) in [5, 5.41) is 3.05. The van der Waals surface area contributed by atoms with Crippen LogP contribution in [0.25, 0.3) is 22.1 Å². The second-order valence-corrected chi connectivity index (χ2v) is 4.31. The van der Waals surface area contributed by atoms with E-state index in [0.717, 1.165) is 34.4 Å². The fourth-order valence-corrected chi connectivity index (χ4v) is 1.96. The largest absolute Gasteiger partial charge is 0.492 e. The van der Waals surface area contributed by atoms with Gasteiger partial charge in [0.2, 0.25) is 0 Å². The van der Waals surface area contributed by atoms with Crippen molar-refractivity contribution in [1.29, 1.82) is 0 Å². The molecule has 3 rings (SSSR count). The van der Waals surface area contributed by atoms with E-state index >= 15 is 0 Å². The van der Waals surface area contributed by atoms with Crippen molar-refractivity contribution in [2.45, 2.75) is 0 Å². The van der Waals surface area contributed by atoms with Crippen molar-refractivity contribution in [2.75, 3.05) is 20.2 Å². The Morgan fingerprint density at radius 3 is 2.37 bits per heavy atom. The van der Waals surface area contributed by atoms with Gasteiger partial charge in [0.1, 0.15) is 12.4 Å². The van der Waals surface area contributed by atoms with Crippen molar-refractivity contribution in [2.24, 2.45) is 0 Å². The first-order valence-corrected chi connectivity index (χ1v) is 6.31. The van der Waals surface area contributed by atoms with E-state index in [2.05, 4.69) is 15.3 Å². The molecule has 1 N–H and O–H groups in total. The SMILES string of the molecule is CNCCOc1ccc2nc3ccccc3nc2c1. The fourth-order valence-electron chi connectivity index (χ4n) is 1.96. The highest BCUT2D eigenvalue weighted by atomic mass is 16.5. The quantitative estimate of drug-likeness (QED) is 0.573. The molecule has 0 amide bonds. The van der Waals surface area contributed by atoms with Crippen LogP contribution in [0.15, 0.2) is 42.5 Å². The Labute approximate surface area is 111 Å². The molecule has 0 fully saturated rings. The van der Waals surface area contributed by atoms with Crippen LogP contribution in [0.3, 0.4) is 0 Å². The van der Waals surface area contributed by atoms with Crippen molar-refractivity contribution in [3.63, 3.8) is 0 Å². The lowest BCUT2D eigenvalue weighted by Gasteiger charge is -2.07. The summed E-state index contributed by atoms with van der Waals surface area (Å²) in [5.74, 6) is 0.826. The summed E-state index contributed by atoms with van der Waals surface area (Å²) in [6.07, 6.45) is 0. The van der Waals surface area contributed by atoms with Crippen LogP contribution in [0.1, 0.15) is 0 Å². The molecule has 3 aromatic rings. The van der Waals surface area contributed by atoms with Crippen LogP contribution in [0.4, 0.5) is 0 Å². The molecule has 1 heterocycles. The molecule has 0 spiro atoms. The molecule has 0 aliphatic carbocycles. The van der Waals surface area contributed by atoms with Gasteiger partial charge in [-0.05, 0) is 31.3 Å². The number of hydrogen-bond acceptors (Lipinski definition) is 4. The van der Waals surface area contributed by atoms with Crippen LogP contribution >= 0.6 is 0 Å². The minimum atomic E-state index is 0.642. The number of nitrogens with zero attached hydrogens (tertiary/aromatic N) is 2. The Bertz CT molecular complexity index is 712. The zero-order chi connectivity index (χ0) is 13.1. The summed E-state index contributed by atoms with van der Waals surface area (Å²) in [4.78, 5) is 9.19. The summed E-state index contributed by atoms with van der Waals surface area (Å²) in [6, 6.07) is 13.7. The van der Waals surface area contributed by atoms with E-state index in [1.807, 2.05) is 49.5 Å². The maximum atomic E-state index is 5.64. The molecule has 0 radical (unpaired) electrons. The van der Waals surface area contributed by atoms with Crippen molar-refractivity contribution in [1.82, 2.24) is 15.3 Å². The van der Waals surface area contributed by atoms with E-state index in [4.69, 9.17) is 4.74 Å². The van der Waals surface area contributed by atoms with Gasteiger partial charge in [-0.15, -0.1) is 0 Å². The van der Waals surface area contributed by atoms with Crippen molar-refractivity contribution in [3.05, 3.63) is 42.5 Å². The van der Waals surface area contributed by atoms with Gasteiger partial charge in [-0.25, -0.2) is 9.97 Å². The van der Waals surface area contributed by atoms with E-state index in [0.29, 0.717) is 6.61 Å². The van der Waals surface area contributed by atoms with Crippen molar-refractivity contribution in [3.8, 4) is 5.75 Å². The van der Waals surface area contributed by atoms with Gasteiger partial charge in [-0.1, -0.05) is 12.1 Å². The zero-order valence-electron chi connectivity index (χ0n) is 10.8. The highest BCUT2D eigenvalue weighted by molar-refractivity contribution is 5.86. The van der Waals surface area contributed by atoms with Gasteiger partial charge < -0.3 is 10.1 Å².